The van der Waals surface area contributed by atoms with Crippen LogP contribution in [-0.2, 0) is 10.0 Å². The smallest absolute Gasteiger partial charge is 0.207 e. The van der Waals surface area contributed by atoms with Crippen molar-refractivity contribution < 1.29 is 8.42 Å². The maximum absolute atomic E-state index is 12.3. The van der Waals surface area contributed by atoms with Gasteiger partial charge in [-0.1, -0.05) is 36.7 Å². The van der Waals surface area contributed by atoms with Gasteiger partial charge >= 0.3 is 0 Å². The standard InChI is InChI=1S/C13H20BrNO2S/c1-4-13(5-2,6-3)15-18(16,17)12-9-7-11(14)8-10-12/h7-10,15H,4-6H2,1-3H3. The van der Waals surface area contributed by atoms with Crippen LogP contribution in [0.25, 0.3) is 0 Å². The van der Waals surface area contributed by atoms with Gasteiger partial charge in [0.15, 0.2) is 0 Å². The summed E-state index contributed by atoms with van der Waals surface area (Å²) in [6, 6.07) is 6.69. The second-order valence-corrected chi connectivity index (χ2v) is 7.00. The molecule has 0 bridgehead atoms. The van der Waals surface area contributed by atoms with E-state index in [1.807, 2.05) is 20.8 Å². The molecule has 0 fully saturated rings. The topological polar surface area (TPSA) is 46.2 Å². The maximum atomic E-state index is 12.3. The number of hydrogen-bond acceptors (Lipinski definition) is 2. The van der Waals surface area contributed by atoms with Crippen LogP contribution in [0.1, 0.15) is 40.0 Å². The Bertz CT molecular complexity index is 470. The predicted octanol–water partition coefficient (Wildman–Crippen LogP) is 3.70. The largest absolute Gasteiger partial charge is 0.241 e. The normalized spacial score (nSPS) is 12.7. The fraction of sp³-hybridized carbons (Fsp3) is 0.538. The van der Waals surface area contributed by atoms with Gasteiger partial charge in [0.2, 0.25) is 10.0 Å². The number of sulfonamides is 1. The van der Waals surface area contributed by atoms with Gasteiger partial charge in [0.1, 0.15) is 0 Å². The van der Waals surface area contributed by atoms with Crippen LogP contribution in [0.15, 0.2) is 33.6 Å². The van der Waals surface area contributed by atoms with Gasteiger partial charge in [-0.3, -0.25) is 0 Å². The summed E-state index contributed by atoms with van der Waals surface area (Å²) in [4.78, 5) is 0.311. The van der Waals surface area contributed by atoms with Crippen LogP contribution >= 0.6 is 15.9 Å². The first-order valence-electron chi connectivity index (χ1n) is 6.18. The monoisotopic (exact) mass is 333 g/mol. The number of rotatable bonds is 6. The van der Waals surface area contributed by atoms with E-state index in [0.29, 0.717) is 4.90 Å². The second kappa shape index (κ2) is 6.17. The lowest BCUT2D eigenvalue weighted by molar-refractivity contribution is 0.341. The van der Waals surface area contributed by atoms with Crippen LogP contribution in [0.5, 0.6) is 0 Å². The molecule has 0 aromatic heterocycles. The third kappa shape index (κ3) is 3.56. The van der Waals surface area contributed by atoms with Crippen LogP contribution in [0.4, 0.5) is 0 Å². The van der Waals surface area contributed by atoms with E-state index in [9.17, 15) is 8.42 Å². The zero-order valence-electron chi connectivity index (χ0n) is 11.0. The molecule has 1 N–H and O–H groups in total. The van der Waals surface area contributed by atoms with E-state index in [4.69, 9.17) is 0 Å². The van der Waals surface area contributed by atoms with Gasteiger partial charge in [0.05, 0.1) is 4.90 Å². The summed E-state index contributed by atoms with van der Waals surface area (Å²) in [5, 5.41) is 0. The second-order valence-electron chi connectivity index (χ2n) is 4.40. The molecule has 0 saturated heterocycles. The van der Waals surface area contributed by atoms with Gasteiger partial charge in [-0.05, 0) is 43.5 Å². The molecule has 1 rings (SSSR count). The number of hydrogen-bond donors (Lipinski definition) is 1. The minimum absolute atomic E-state index is 0.311. The van der Waals surface area contributed by atoms with Crippen LogP contribution in [0, 0.1) is 0 Å². The highest BCUT2D eigenvalue weighted by molar-refractivity contribution is 9.10. The Labute approximate surface area is 118 Å². The molecule has 0 atom stereocenters. The zero-order valence-corrected chi connectivity index (χ0v) is 13.4. The van der Waals surface area contributed by atoms with Gasteiger partial charge in [0.25, 0.3) is 0 Å². The molecule has 0 saturated carbocycles. The molecule has 18 heavy (non-hydrogen) atoms. The molecule has 0 aliphatic carbocycles. The van der Waals surface area contributed by atoms with Crippen LogP contribution in [-0.4, -0.2) is 14.0 Å². The number of halogens is 1. The maximum Gasteiger partial charge on any atom is 0.241 e. The van der Waals surface area contributed by atoms with Gasteiger partial charge in [0, 0.05) is 10.0 Å². The molecule has 0 aliphatic rings. The average molecular weight is 334 g/mol. The highest BCUT2D eigenvalue weighted by Gasteiger charge is 2.30. The van der Waals surface area contributed by atoms with E-state index in [2.05, 4.69) is 20.7 Å². The SMILES string of the molecule is CCC(CC)(CC)NS(=O)(=O)c1ccc(Br)cc1. The molecule has 0 spiro atoms. The molecule has 102 valence electrons. The van der Waals surface area contributed by atoms with Crippen LogP contribution < -0.4 is 4.72 Å². The highest BCUT2D eigenvalue weighted by atomic mass is 79.9. The fourth-order valence-electron chi connectivity index (χ4n) is 1.92. The lowest BCUT2D eigenvalue weighted by Gasteiger charge is -2.31. The van der Waals surface area contributed by atoms with Crippen molar-refractivity contribution in [2.45, 2.75) is 50.5 Å². The number of nitrogens with one attached hydrogen (secondary N) is 1. The van der Waals surface area contributed by atoms with Crippen molar-refractivity contribution in [3.8, 4) is 0 Å². The molecule has 3 nitrogen and oxygen atoms in total. The summed E-state index contributed by atoms with van der Waals surface area (Å²) in [5.74, 6) is 0. The molecule has 1 aromatic rings. The van der Waals surface area contributed by atoms with Crippen molar-refractivity contribution in [2.24, 2.45) is 0 Å². The van der Waals surface area contributed by atoms with E-state index < -0.39 is 10.0 Å². The van der Waals surface area contributed by atoms with Crippen molar-refractivity contribution >= 4 is 26.0 Å². The van der Waals surface area contributed by atoms with Crippen molar-refractivity contribution in [3.05, 3.63) is 28.7 Å². The van der Waals surface area contributed by atoms with E-state index >= 15 is 0 Å². The van der Waals surface area contributed by atoms with Crippen molar-refractivity contribution in [1.29, 1.82) is 0 Å². The Morgan fingerprint density at radius 1 is 1.06 bits per heavy atom. The molecule has 1 aromatic carbocycles. The van der Waals surface area contributed by atoms with Gasteiger partial charge in [-0.25, -0.2) is 13.1 Å². The summed E-state index contributed by atoms with van der Waals surface area (Å²) < 4.78 is 28.3. The zero-order chi connectivity index (χ0) is 13.8. The Hall–Kier alpha value is -0.390. The third-order valence-corrected chi connectivity index (χ3v) is 5.63. The third-order valence-electron chi connectivity index (χ3n) is 3.51. The minimum Gasteiger partial charge on any atom is -0.207 e. The Morgan fingerprint density at radius 3 is 1.89 bits per heavy atom. The molecule has 0 heterocycles. The highest BCUT2D eigenvalue weighted by Crippen LogP contribution is 2.23. The Balaban J connectivity index is 3.04. The fourth-order valence-corrected chi connectivity index (χ4v) is 3.80. The molecule has 0 aliphatic heterocycles. The van der Waals surface area contributed by atoms with E-state index in [-0.39, 0.29) is 5.54 Å². The minimum atomic E-state index is -3.44. The molecule has 0 amide bonds. The first-order valence-corrected chi connectivity index (χ1v) is 8.46. The van der Waals surface area contributed by atoms with Crippen LogP contribution in [0.3, 0.4) is 0 Å². The average Bonchev–Trinajstić information content (AvgIpc) is 2.37. The molecular formula is C13H20BrNO2S. The lowest BCUT2D eigenvalue weighted by Crippen LogP contribution is -2.46. The summed E-state index contributed by atoms with van der Waals surface area (Å²) in [6.45, 7) is 6.03. The molecule has 0 unspecified atom stereocenters. The van der Waals surface area contributed by atoms with Crippen molar-refractivity contribution in [1.82, 2.24) is 4.72 Å². The first-order chi connectivity index (χ1) is 8.39. The number of benzene rings is 1. The molecule has 5 heteroatoms. The summed E-state index contributed by atoms with van der Waals surface area (Å²) >= 11 is 3.30. The quantitative estimate of drug-likeness (QED) is 0.862. The Morgan fingerprint density at radius 2 is 1.50 bits per heavy atom. The van der Waals surface area contributed by atoms with Crippen LogP contribution in [0.2, 0.25) is 0 Å². The van der Waals surface area contributed by atoms with Gasteiger partial charge < -0.3 is 0 Å². The Kier molecular flexibility index (Phi) is 5.37. The van der Waals surface area contributed by atoms with Crippen molar-refractivity contribution in [2.75, 3.05) is 0 Å². The van der Waals surface area contributed by atoms with Gasteiger partial charge in [-0.15, -0.1) is 0 Å². The molecule has 0 radical (unpaired) electrons. The van der Waals surface area contributed by atoms with Gasteiger partial charge in [-0.2, -0.15) is 0 Å². The first kappa shape index (κ1) is 15.7. The van der Waals surface area contributed by atoms with E-state index in [0.717, 1.165) is 23.7 Å². The summed E-state index contributed by atoms with van der Waals surface area (Å²) in [6.07, 6.45) is 2.36. The summed E-state index contributed by atoms with van der Waals surface area (Å²) in [7, 11) is -3.44. The van der Waals surface area contributed by atoms with E-state index in [1.165, 1.54) is 0 Å². The predicted molar refractivity (Wildman–Crippen MR) is 78.1 cm³/mol. The lowest BCUT2D eigenvalue weighted by atomic mass is 9.91. The van der Waals surface area contributed by atoms with E-state index in [1.54, 1.807) is 24.3 Å². The molecular weight excluding hydrogens is 314 g/mol. The van der Waals surface area contributed by atoms with Crippen molar-refractivity contribution in [3.63, 3.8) is 0 Å². The summed E-state index contributed by atoms with van der Waals surface area (Å²) in [5.41, 5.74) is -0.341.